The number of hydrazone groups is 1. The Balaban J connectivity index is 1.68. The molecule has 2 unspecified atom stereocenters. The zero-order chi connectivity index (χ0) is 23.8. The van der Waals surface area contributed by atoms with Crippen molar-refractivity contribution in [1.29, 1.82) is 0 Å². The van der Waals surface area contributed by atoms with Crippen molar-refractivity contribution in [3.63, 3.8) is 0 Å². The van der Waals surface area contributed by atoms with Gasteiger partial charge in [0.2, 0.25) is 10.0 Å². The lowest BCUT2D eigenvalue weighted by atomic mass is 9.96. The summed E-state index contributed by atoms with van der Waals surface area (Å²) in [5.74, 6) is -0.485. The van der Waals surface area contributed by atoms with Crippen molar-refractivity contribution in [3.8, 4) is 0 Å². The Hall–Kier alpha value is -2.16. The number of rotatable bonds is 6. The molecule has 33 heavy (non-hydrogen) atoms. The molecule has 10 heteroatoms. The van der Waals surface area contributed by atoms with E-state index in [9.17, 15) is 12.8 Å². The van der Waals surface area contributed by atoms with Gasteiger partial charge in [0, 0.05) is 21.5 Å². The number of benzene rings is 3. The van der Waals surface area contributed by atoms with E-state index < -0.39 is 21.9 Å². The molecule has 0 saturated heterocycles. The minimum atomic E-state index is -4.03. The van der Waals surface area contributed by atoms with E-state index in [1.54, 1.807) is 30.3 Å². The van der Waals surface area contributed by atoms with Crippen molar-refractivity contribution < 1.29 is 12.8 Å². The van der Waals surface area contributed by atoms with Gasteiger partial charge in [-0.05, 0) is 66.1 Å². The van der Waals surface area contributed by atoms with Crippen molar-refractivity contribution in [3.05, 3.63) is 98.2 Å². The maximum atomic E-state index is 13.7. The first kappa shape index (κ1) is 24.0. The number of nitrogens with one attached hydrogen (secondary N) is 2. The molecular formula is C23H19Cl3FN3O2S. The smallest absolute Gasteiger partial charge is 0.241 e. The van der Waals surface area contributed by atoms with Gasteiger partial charge in [-0.25, -0.2) is 12.8 Å². The zero-order valence-electron chi connectivity index (χ0n) is 17.3. The number of hydrogen-bond acceptors (Lipinski definition) is 4. The fourth-order valence-electron chi connectivity index (χ4n) is 3.59. The minimum Gasteiger partial charge on any atom is -0.302 e. The molecule has 3 aromatic rings. The van der Waals surface area contributed by atoms with Gasteiger partial charge in [0.25, 0.3) is 0 Å². The predicted molar refractivity (Wildman–Crippen MR) is 130 cm³/mol. The van der Waals surface area contributed by atoms with Crippen LogP contribution in [-0.2, 0) is 10.0 Å². The molecule has 1 aliphatic heterocycles. The summed E-state index contributed by atoms with van der Waals surface area (Å²) in [6.45, 7) is 1.50. The first-order valence-corrected chi connectivity index (χ1v) is 12.6. The van der Waals surface area contributed by atoms with Crippen LogP contribution in [0.15, 0.2) is 70.7 Å². The van der Waals surface area contributed by atoms with Crippen LogP contribution in [0.2, 0.25) is 15.1 Å². The van der Waals surface area contributed by atoms with Crippen molar-refractivity contribution >= 4 is 50.5 Å². The Bertz CT molecular complexity index is 1330. The fraction of sp³-hybridized carbons (Fsp3) is 0.174. The fourth-order valence-corrected chi connectivity index (χ4v) is 5.52. The summed E-state index contributed by atoms with van der Waals surface area (Å²) < 4.78 is 42.8. The highest BCUT2D eigenvalue weighted by Gasteiger charge is 2.32. The topological polar surface area (TPSA) is 70.6 Å². The lowest BCUT2D eigenvalue weighted by Gasteiger charge is -2.21. The molecule has 1 aliphatic rings. The average Bonchev–Trinajstić information content (AvgIpc) is 3.25. The number of aryl methyl sites for hydroxylation is 1. The van der Waals surface area contributed by atoms with Crippen LogP contribution in [0.25, 0.3) is 0 Å². The maximum Gasteiger partial charge on any atom is 0.241 e. The largest absolute Gasteiger partial charge is 0.302 e. The Labute approximate surface area is 206 Å². The van der Waals surface area contributed by atoms with Gasteiger partial charge in [0.05, 0.1) is 22.7 Å². The summed E-state index contributed by atoms with van der Waals surface area (Å²) in [4.78, 5) is -0.0581. The molecule has 5 nitrogen and oxygen atoms in total. The predicted octanol–water partition coefficient (Wildman–Crippen LogP) is 6.20. The Morgan fingerprint density at radius 2 is 1.73 bits per heavy atom. The Morgan fingerprint density at radius 3 is 2.39 bits per heavy atom. The number of sulfonamides is 1. The standard InChI is InChI=1S/C23H19Cl3FN3O2S/c1-13-10-17(7-9-20(13)27)33(31,32)30-23(18-8-6-16(25)11-19(18)26)22-12-21(28-29-22)14-2-4-15(24)5-3-14/h2-11,21,23,28,30H,12H2,1H3. The highest BCUT2D eigenvalue weighted by Crippen LogP contribution is 2.33. The van der Waals surface area contributed by atoms with E-state index >= 15 is 0 Å². The Morgan fingerprint density at radius 1 is 1.03 bits per heavy atom. The summed E-state index contributed by atoms with van der Waals surface area (Å²) in [6, 6.07) is 14.8. The molecule has 0 saturated carbocycles. The molecule has 172 valence electrons. The summed E-state index contributed by atoms with van der Waals surface area (Å²) in [5, 5.41) is 5.75. The third kappa shape index (κ3) is 5.34. The molecule has 4 rings (SSSR count). The van der Waals surface area contributed by atoms with E-state index in [-0.39, 0.29) is 16.5 Å². The second-order valence-electron chi connectivity index (χ2n) is 7.67. The van der Waals surface area contributed by atoms with Gasteiger partial charge < -0.3 is 5.43 Å². The van der Waals surface area contributed by atoms with Crippen LogP contribution in [0.3, 0.4) is 0 Å². The van der Waals surface area contributed by atoms with Crippen LogP contribution < -0.4 is 10.1 Å². The summed E-state index contributed by atoms with van der Waals surface area (Å²) in [7, 11) is -4.03. The molecule has 0 radical (unpaired) electrons. The summed E-state index contributed by atoms with van der Waals surface area (Å²) in [5.41, 5.74) is 5.28. The molecule has 0 aromatic heterocycles. The molecule has 3 aromatic carbocycles. The normalized spacial score (nSPS) is 16.9. The van der Waals surface area contributed by atoms with Crippen molar-refractivity contribution in [2.75, 3.05) is 0 Å². The Kier molecular flexibility index (Phi) is 6.98. The van der Waals surface area contributed by atoms with E-state index in [2.05, 4.69) is 15.2 Å². The SMILES string of the molecule is Cc1cc(S(=O)(=O)NC(C2=NNC(c3ccc(Cl)cc3)C2)c2ccc(Cl)cc2Cl)ccc1F. The van der Waals surface area contributed by atoms with E-state index in [0.29, 0.717) is 32.8 Å². The highest BCUT2D eigenvalue weighted by atomic mass is 35.5. The van der Waals surface area contributed by atoms with Gasteiger partial charge in [0.15, 0.2) is 0 Å². The zero-order valence-corrected chi connectivity index (χ0v) is 20.4. The van der Waals surface area contributed by atoms with Crippen molar-refractivity contribution in [2.24, 2.45) is 5.10 Å². The molecule has 0 fully saturated rings. The van der Waals surface area contributed by atoms with E-state index in [4.69, 9.17) is 34.8 Å². The van der Waals surface area contributed by atoms with Crippen molar-refractivity contribution in [2.45, 2.75) is 30.3 Å². The molecule has 0 spiro atoms. The first-order valence-electron chi connectivity index (χ1n) is 9.95. The quantitative estimate of drug-likeness (QED) is 0.401. The average molecular weight is 527 g/mol. The first-order chi connectivity index (χ1) is 15.6. The van der Waals surface area contributed by atoms with E-state index in [1.165, 1.54) is 19.1 Å². The molecule has 2 atom stereocenters. The summed E-state index contributed by atoms with van der Waals surface area (Å²) >= 11 is 18.5. The lowest BCUT2D eigenvalue weighted by Crippen LogP contribution is -2.34. The van der Waals surface area contributed by atoms with Crippen LogP contribution in [0.1, 0.15) is 35.2 Å². The second kappa shape index (κ2) is 9.60. The van der Waals surface area contributed by atoms with Crippen LogP contribution >= 0.6 is 34.8 Å². The van der Waals surface area contributed by atoms with Crippen molar-refractivity contribution in [1.82, 2.24) is 10.1 Å². The van der Waals surface area contributed by atoms with Gasteiger partial charge in [-0.2, -0.15) is 9.82 Å². The minimum absolute atomic E-state index is 0.0581. The van der Waals surface area contributed by atoms with Gasteiger partial charge in [-0.3, -0.25) is 0 Å². The monoisotopic (exact) mass is 525 g/mol. The van der Waals surface area contributed by atoms with E-state index in [1.807, 2.05) is 12.1 Å². The van der Waals surface area contributed by atoms with Gasteiger partial charge in [-0.15, -0.1) is 0 Å². The second-order valence-corrected chi connectivity index (χ2v) is 10.7. The molecule has 0 amide bonds. The number of nitrogens with zero attached hydrogens (tertiary/aromatic N) is 1. The number of halogens is 4. The number of hydrogen-bond donors (Lipinski definition) is 2. The molecule has 0 bridgehead atoms. The van der Waals surface area contributed by atoms with Crippen LogP contribution in [-0.4, -0.2) is 14.1 Å². The molecular weight excluding hydrogens is 508 g/mol. The third-order valence-electron chi connectivity index (χ3n) is 5.37. The van der Waals surface area contributed by atoms with Crippen LogP contribution in [0.5, 0.6) is 0 Å². The molecule has 2 N–H and O–H groups in total. The maximum absolute atomic E-state index is 13.7. The molecule has 1 heterocycles. The van der Waals surface area contributed by atoms with Crippen LogP contribution in [0, 0.1) is 12.7 Å². The third-order valence-corrected chi connectivity index (χ3v) is 7.60. The van der Waals surface area contributed by atoms with Crippen LogP contribution in [0.4, 0.5) is 4.39 Å². The van der Waals surface area contributed by atoms with E-state index in [0.717, 1.165) is 11.6 Å². The lowest BCUT2D eigenvalue weighted by molar-refractivity contribution is 0.575. The highest BCUT2D eigenvalue weighted by molar-refractivity contribution is 7.89. The van der Waals surface area contributed by atoms with Gasteiger partial charge in [-0.1, -0.05) is 53.0 Å². The van der Waals surface area contributed by atoms with Gasteiger partial charge in [0.1, 0.15) is 5.82 Å². The summed E-state index contributed by atoms with van der Waals surface area (Å²) in [6.07, 6.45) is 0.427. The van der Waals surface area contributed by atoms with Gasteiger partial charge >= 0.3 is 0 Å². The molecule has 0 aliphatic carbocycles.